The molecule has 0 radical (unpaired) electrons. The summed E-state index contributed by atoms with van der Waals surface area (Å²) in [6, 6.07) is 13.4. The predicted molar refractivity (Wildman–Crippen MR) is 138 cm³/mol. The fourth-order valence-electron chi connectivity index (χ4n) is 4.88. The number of carbonyl (C=O) groups excluding carboxylic acids is 1. The van der Waals surface area contributed by atoms with Gasteiger partial charge in [-0.3, -0.25) is 4.79 Å². The Bertz CT molecular complexity index is 925. The maximum Gasteiger partial charge on any atom is 0.308 e. The van der Waals surface area contributed by atoms with E-state index in [1.165, 1.54) is 47.9 Å². The van der Waals surface area contributed by atoms with Crippen LogP contribution in [-0.2, 0) is 22.4 Å². The number of carbonyl (C=O) groups is 1. The van der Waals surface area contributed by atoms with Crippen molar-refractivity contribution in [2.45, 2.75) is 78.6 Å². The van der Waals surface area contributed by atoms with Crippen LogP contribution in [0, 0.1) is 11.8 Å². The number of esters is 1. The van der Waals surface area contributed by atoms with Gasteiger partial charge in [0.1, 0.15) is 12.4 Å². The van der Waals surface area contributed by atoms with E-state index in [1.54, 1.807) is 0 Å². The molecule has 0 aromatic heterocycles. The third kappa shape index (κ3) is 7.09. The fourth-order valence-corrected chi connectivity index (χ4v) is 4.88. The molecule has 1 saturated carbocycles. The molecule has 0 amide bonds. The molecular weight excluding hydrogens is 424 g/mol. The van der Waals surface area contributed by atoms with Crippen LogP contribution in [0.15, 0.2) is 36.4 Å². The minimum absolute atomic E-state index is 0.0193. The van der Waals surface area contributed by atoms with Crippen LogP contribution in [0.2, 0.25) is 0 Å². The van der Waals surface area contributed by atoms with Crippen molar-refractivity contribution < 1.29 is 19.4 Å². The normalized spacial score (nSPS) is 18.2. The summed E-state index contributed by atoms with van der Waals surface area (Å²) in [4.78, 5) is 11.8. The zero-order chi connectivity index (χ0) is 24.5. The summed E-state index contributed by atoms with van der Waals surface area (Å²) < 4.78 is 11.2. The minimum atomic E-state index is -0.161. The average Bonchev–Trinajstić information content (AvgIpc) is 2.85. The largest absolute Gasteiger partial charge is 0.491 e. The van der Waals surface area contributed by atoms with Crippen LogP contribution in [-0.4, -0.2) is 30.9 Å². The highest BCUT2D eigenvalue weighted by Crippen LogP contribution is 2.38. The van der Waals surface area contributed by atoms with E-state index in [0.717, 1.165) is 36.5 Å². The Morgan fingerprint density at radius 2 is 1.79 bits per heavy atom. The van der Waals surface area contributed by atoms with E-state index in [4.69, 9.17) is 9.47 Å². The number of aliphatic hydroxyl groups is 1. The summed E-state index contributed by atoms with van der Waals surface area (Å²) in [5.41, 5.74) is 6.42. The van der Waals surface area contributed by atoms with E-state index >= 15 is 0 Å². The second kappa shape index (κ2) is 12.9. The van der Waals surface area contributed by atoms with Crippen LogP contribution in [0.1, 0.15) is 82.4 Å². The van der Waals surface area contributed by atoms with E-state index in [2.05, 4.69) is 44.2 Å². The molecule has 0 heterocycles. The average molecular weight is 467 g/mol. The van der Waals surface area contributed by atoms with Gasteiger partial charge in [0, 0.05) is 0 Å². The number of rotatable bonds is 11. The first kappa shape index (κ1) is 26.3. The lowest BCUT2D eigenvalue weighted by atomic mass is 9.78. The Hall–Kier alpha value is -2.33. The van der Waals surface area contributed by atoms with E-state index in [1.807, 2.05) is 19.9 Å². The zero-order valence-corrected chi connectivity index (χ0v) is 21.4. The third-order valence-electron chi connectivity index (χ3n) is 7.02. The molecule has 4 heteroatoms. The molecule has 0 atom stereocenters. The molecule has 186 valence electrons. The van der Waals surface area contributed by atoms with Crippen molar-refractivity contribution in [1.82, 2.24) is 0 Å². The lowest BCUT2D eigenvalue weighted by Gasteiger charge is -2.27. The number of hydrogen-bond acceptors (Lipinski definition) is 4. The van der Waals surface area contributed by atoms with Crippen molar-refractivity contribution in [2.75, 3.05) is 19.8 Å². The molecule has 1 fully saturated rings. The Morgan fingerprint density at radius 3 is 2.47 bits per heavy atom. The molecule has 4 nitrogen and oxygen atoms in total. The highest BCUT2D eigenvalue weighted by molar-refractivity contribution is 5.71. The quantitative estimate of drug-likeness (QED) is 0.295. The van der Waals surface area contributed by atoms with Crippen LogP contribution in [0.4, 0.5) is 0 Å². The van der Waals surface area contributed by atoms with Crippen molar-refractivity contribution in [1.29, 1.82) is 0 Å². The molecule has 0 bridgehead atoms. The fraction of sp³-hybridized carbons (Fsp3) is 0.567. The highest BCUT2D eigenvalue weighted by atomic mass is 16.5. The molecular formula is C30H42O4. The van der Waals surface area contributed by atoms with Crippen molar-refractivity contribution in [3.8, 4) is 16.9 Å². The molecule has 1 N–H and O–H groups in total. The molecule has 0 unspecified atom stereocenters. The van der Waals surface area contributed by atoms with E-state index in [-0.39, 0.29) is 25.1 Å². The monoisotopic (exact) mass is 466 g/mol. The topological polar surface area (TPSA) is 55.8 Å². The molecule has 0 saturated heterocycles. The van der Waals surface area contributed by atoms with Crippen molar-refractivity contribution >= 4 is 5.97 Å². The zero-order valence-electron chi connectivity index (χ0n) is 21.4. The molecule has 34 heavy (non-hydrogen) atoms. The van der Waals surface area contributed by atoms with Crippen molar-refractivity contribution in [2.24, 2.45) is 11.8 Å². The summed E-state index contributed by atoms with van der Waals surface area (Å²) >= 11 is 0. The van der Waals surface area contributed by atoms with Gasteiger partial charge in [-0.05, 0) is 83.9 Å². The summed E-state index contributed by atoms with van der Waals surface area (Å²) in [6.07, 6.45) is 7.74. The lowest BCUT2D eigenvalue weighted by molar-refractivity contribution is -0.147. The molecule has 1 aliphatic carbocycles. The molecule has 3 rings (SSSR count). The standard InChI is InChI=1S/C30H42O4/c1-5-23-19-25(24-10-8-22(4)9-11-24)12-14-28(23)26-13-15-29(33-18-16-31)27(20-26)7-6-17-34-30(32)21(2)3/h12-15,19-22,24,31H,5-11,16-18H2,1-4H3. The summed E-state index contributed by atoms with van der Waals surface area (Å²) in [7, 11) is 0. The smallest absolute Gasteiger partial charge is 0.308 e. The van der Waals surface area contributed by atoms with Gasteiger partial charge in [-0.15, -0.1) is 0 Å². The number of benzene rings is 2. The SMILES string of the molecule is CCc1cc(C2CCC(C)CC2)ccc1-c1ccc(OCCO)c(CCCOC(=O)C(C)C)c1. The van der Waals surface area contributed by atoms with Gasteiger partial charge in [-0.1, -0.05) is 64.8 Å². The molecule has 1 aliphatic rings. The Balaban J connectivity index is 1.79. The van der Waals surface area contributed by atoms with Gasteiger partial charge in [-0.2, -0.15) is 0 Å². The maximum absolute atomic E-state index is 11.8. The highest BCUT2D eigenvalue weighted by Gasteiger charge is 2.20. The van der Waals surface area contributed by atoms with Crippen molar-refractivity contribution in [3.63, 3.8) is 0 Å². The van der Waals surface area contributed by atoms with E-state index < -0.39 is 0 Å². The molecule has 2 aromatic rings. The maximum atomic E-state index is 11.8. The van der Waals surface area contributed by atoms with Gasteiger partial charge >= 0.3 is 5.97 Å². The van der Waals surface area contributed by atoms with Gasteiger partial charge in [0.2, 0.25) is 0 Å². The third-order valence-corrected chi connectivity index (χ3v) is 7.02. The molecule has 0 spiro atoms. The Morgan fingerprint density at radius 1 is 1.03 bits per heavy atom. The lowest BCUT2D eigenvalue weighted by Crippen LogP contribution is -2.13. The number of hydrogen-bond donors (Lipinski definition) is 1. The van der Waals surface area contributed by atoms with E-state index in [0.29, 0.717) is 12.5 Å². The molecule has 0 aliphatic heterocycles. The predicted octanol–water partition coefficient (Wildman–Crippen LogP) is 6.71. The molecule has 2 aromatic carbocycles. The minimum Gasteiger partial charge on any atom is -0.491 e. The summed E-state index contributed by atoms with van der Waals surface area (Å²) in [6.45, 7) is 8.94. The van der Waals surface area contributed by atoms with Gasteiger partial charge in [0.25, 0.3) is 0 Å². The van der Waals surface area contributed by atoms with Crippen LogP contribution in [0.3, 0.4) is 0 Å². The Labute approximate surface area is 205 Å². The first-order valence-corrected chi connectivity index (χ1v) is 13.1. The second-order valence-electron chi connectivity index (χ2n) is 10.0. The second-order valence-corrected chi connectivity index (χ2v) is 10.0. The number of aryl methyl sites for hydroxylation is 2. The van der Waals surface area contributed by atoms with Gasteiger partial charge in [-0.25, -0.2) is 0 Å². The number of ether oxygens (including phenoxy) is 2. The van der Waals surface area contributed by atoms with E-state index in [9.17, 15) is 9.90 Å². The van der Waals surface area contributed by atoms with Gasteiger partial charge in [0.05, 0.1) is 19.1 Å². The van der Waals surface area contributed by atoms with Gasteiger partial charge < -0.3 is 14.6 Å². The number of aliphatic hydroxyl groups excluding tert-OH is 1. The van der Waals surface area contributed by atoms with Crippen LogP contribution >= 0.6 is 0 Å². The van der Waals surface area contributed by atoms with Gasteiger partial charge in [0.15, 0.2) is 0 Å². The summed E-state index contributed by atoms with van der Waals surface area (Å²) in [5, 5.41) is 9.21. The Kier molecular flexibility index (Phi) is 10.0. The van der Waals surface area contributed by atoms with Crippen LogP contribution in [0.5, 0.6) is 5.75 Å². The van der Waals surface area contributed by atoms with Crippen LogP contribution < -0.4 is 4.74 Å². The first-order chi connectivity index (χ1) is 16.4. The first-order valence-electron chi connectivity index (χ1n) is 13.1. The summed E-state index contributed by atoms with van der Waals surface area (Å²) in [5.74, 6) is 2.07. The van der Waals surface area contributed by atoms with Crippen LogP contribution in [0.25, 0.3) is 11.1 Å². The van der Waals surface area contributed by atoms with Crippen molar-refractivity contribution in [3.05, 3.63) is 53.1 Å².